The van der Waals surface area contributed by atoms with Crippen LogP contribution in [0.5, 0.6) is 0 Å². The molecule has 0 aromatic carbocycles. The number of sulfone groups is 1. The van der Waals surface area contributed by atoms with Crippen LogP contribution in [0.2, 0.25) is 0 Å². The van der Waals surface area contributed by atoms with Gasteiger partial charge in [-0.25, -0.2) is 13.4 Å². The van der Waals surface area contributed by atoms with Crippen molar-refractivity contribution < 1.29 is 13.2 Å². The van der Waals surface area contributed by atoms with Gasteiger partial charge in [0.1, 0.15) is 15.7 Å². The van der Waals surface area contributed by atoms with E-state index >= 15 is 0 Å². The summed E-state index contributed by atoms with van der Waals surface area (Å²) < 4.78 is 28.6. The Morgan fingerprint density at radius 2 is 1.70 bits per heavy atom. The van der Waals surface area contributed by atoms with Crippen molar-refractivity contribution in [2.24, 2.45) is 5.92 Å². The Hall–Kier alpha value is -1.45. The molecule has 3 saturated heterocycles. The Kier molecular flexibility index (Phi) is 5.79. The summed E-state index contributed by atoms with van der Waals surface area (Å²) in [5.41, 5.74) is 0. The van der Waals surface area contributed by atoms with Crippen LogP contribution in [0.4, 0.5) is 11.8 Å². The highest BCUT2D eigenvalue weighted by molar-refractivity contribution is 7.91. The molecule has 0 unspecified atom stereocenters. The van der Waals surface area contributed by atoms with Crippen LogP contribution in [0.15, 0.2) is 12.3 Å². The quantitative estimate of drug-likeness (QED) is 0.718. The number of morpholine rings is 1. The zero-order valence-electron chi connectivity index (χ0n) is 15.8. The van der Waals surface area contributed by atoms with Gasteiger partial charge >= 0.3 is 0 Å². The van der Waals surface area contributed by atoms with Gasteiger partial charge in [-0.2, -0.15) is 4.98 Å². The van der Waals surface area contributed by atoms with E-state index in [0.29, 0.717) is 17.4 Å². The van der Waals surface area contributed by atoms with Crippen LogP contribution in [0.25, 0.3) is 0 Å². The van der Waals surface area contributed by atoms with E-state index in [1.807, 2.05) is 12.3 Å². The van der Waals surface area contributed by atoms with Crippen molar-refractivity contribution in [2.45, 2.75) is 12.8 Å². The van der Waals surface area contributed by atoms with Crippen LogP contribution in [0.1, 0.15) is 12.8 Å². The summed E-state index contributed by atoms with van der Waals surface area (Å²) in [6.45, 7) is 8.06. The van der Waals surface area contributed by atoms with E-state index < -0.39 is 9.84 Å². The van der Waals surface area contributed by atoms with Crippen molar-refractivity contribution in [3.63, 3.8) is 0 Å². The molecule has 0 amide bonds. The van der Waals surface area contributed by atoms with Crippen LogP contribution < -0.4 is 9.80 Å². The summed E-state index contributed by atoms with van der Waals surface area (Å²) in [6, 6.07) is 1.97. The van der Waals surface area contributed by atoms with Gasteiger partial charge in [0.2, 0.25) is 5.95 Å². The number of rotatable bonds is 4. The first kappa shape index (κ1) is 18.9. The number of nitrogens with zero attached hydrogens (tertiary/aromatic N) is 5. The molecular weight excluding hydrogens is 366 g/mol. The van der Waals surface area contributed by atoms with Gasteiger partial charge in [0, 0.05) is 52.0 Å². The monoisotopic (exact) mass is 395 g/mol. The fraction of sp³-hybridized carbons (Fsp3) is 0.778. The first-order valence-electron chi connectivity index (χ1n) is 9.92. The molecule has 0 saturated carbocycles. The summed E-state index contributed by atoms with van der Waals surface area (Å²) in [7, 11) is -2.77. The molecule has 1 aromatic rings. The van der Waals surface area contributed by atoms with Crippen molar-refractivity contribution >= 4 is 21.6 Å². The minimum Gasteiger partial charge on any atom is -0.378 e. The van der Waals surface area contributed by atoms with E-state index in [4.69, 9.17) is 9.72 Å². The van der Waals surface area contributed by atoms with Gasteiger partial charge < -0.3 is 14.5 Å². The first-order valence-corrected chi connectivity index (χ1v) is 11.7. The van der Waals surface area contributed by atoms with Gasteiger partial charge in [-0.3, -0.25) is 4.90 Å². The molecule has 0 spiro atoms. The second-order valence-electron chi connectivity index (χ2n) is 7.70. The van der Waals surface area contributed by atoms with Gasteiger partial charge in [-0.1, -0.05) is 0 Å². The van der Waals surface area contributed by atoms with Crippen molar-refractivity contribution in [3.05, 3.63) is 12.3 Å². The molecular formula is C18H29N5O3S. The average Bonchev–Trinajstić information content (AvgIpc) is 2.71. The molecule has 4 rings (SSSR count). The van der Waals surface area contributed by atoms with Crippen molar-refractivity contribution in [1.82, 2.24) is 14.9 Å². The van der Waals surface area contributed by atoms with E-state index in [1.165, 1.54) is 0 Å². The molecule has 3 aliphatic rings. The average molecular weight is 396 g/mol. The maximum absolute atomic E-state index is 11.6. The number of piperazine rings is 1. The largest absolute Gasteiger partial charge is 0.378 e. The van der Waals surface area contributed by atoms with Gasteiger partial charge in [-0.15, -0.1) is 0 Å². The molecule has 8 nitrogen and oxygen atoms in total. The maximum Gasteiger partial charge on any atom is 0.227 e. The van der Waals surface area contributed by atoms with Crippen LogP contribution >= 0.6 is 0 Å². The normalized spacial score (nSPS) is 24.9. The van der Waals surface area contributed by atoms with Crippen molar-refractivity contribution in [3.8, 4) is 0 Å². The van der Waals surface area contributed by atoms with E-state index in [0.717, 1.165) is 83.6 Å². The van der Waals surface area contributed by atoms with Crippen molar-refractivity contribution in [2.75, 3.05) is 80.3 Å². The Morgan fingerprint density at radius 3 is 2.41 bits per heavy atom. The minimum atomic E-state index is -2.77. The van der Waals surface area contributed by atoms with Gasteiger partial charge in [-0.05, 0) is 24.8 Å². The highest BCUT2D eigenvalue weighted by Gasteiger charge is 2.27. The van der Waals surface area contributed by atoms with Gasteiger partial charge in [0.05, 0.1) is 24.7 Å². The minimum absolute atomic E-state index is 0.361. The molecule has 27 heavy (non-hydrogen) atoms. The number of ether oxygens (including phenoxy) is 1. The smallest absolute Gasteiger partial charge is 0.227 e. The zero-order valence-corrected chi connectivity index (χ0v) is 16.6. The van der Waals surface area contributed by atoms with E-state index in [1.54, 1.807) is 0 Å². The lowest BCUT2D eigenvalue weighted by Crippen LogP contribution is -2.49. The Morgan fingerprint density at radius 1 is 1.00 bits per heavy atom. The van der Waals surface area contributed by atoms with Gasteiger partial charge in [0.25, 0.3) is 0 Å². The van der Waals surface area contributed by atoms with Crippen LogP contribution in [0, 0.1) is 5.92 Å². The molecule has 9 heteroatoms. The van der Waals surface area contributed by atoms with Crippen molar-refractivity contribution in [1.29, 1.82) is 0 Å². The summed E-state index contributed by atoms with van der Waals surface area (Å²) in [5, 5.41) is 0. The molecule has 3 fully saturated rings. The van der Waals surface area contributed by atoms with Crippen LogP contribution in [0.3, 0.4) is 0 Å². The molecule has 0 atom stereocenters. The Bertz CT molecular complexity index is 716. The zero-order chi connectivity index (χ0) is 18.7. The fourth-order valence-corrected chi connectivity index (χ4v) is 5.67. The third kappa shape index (κ3) is 4.89. The number of hydrogen-bond donors (Lipinski definition) is 0. The number of hydrogen-bond acceptors (Lipinski definition) is 8. The van der Waals surface area contributed by atoms with E-state index in [2.05, 4.69) is 19.7 Å². The van der Waals surface area contributed by atoms with Gasteiger partial charge in [0.15, 0.2) is 0 Å². The highest BCUT2D eigenvalue weighted by atomic mass is 32.2. The maximum atomic E-state index is 11.6. The predicted molar refractivity (Wildman–Crippen MR) is 105 cm³/mol. The topological polar surface area (TPSA) is 78.9 Å². The molecule has 1 aromatic heterocycles. The Labute approximate surface area is 161 Å². The lowest BCUT2D eigenvalue weighted by Gasteiger charge is -2.37. The number of anilines is 2. The highest BCUT2D eigenvalue weighted by Crippen LogP contribution is 2.22. The molecule has 3 aliphatic heterocycles. The first-order chi connectivity index (χ1) is 13.1. The Balaban J connectivity index is 1.29. The second-order valence-corrected chi connectivity index (χ2v) is 10.0. The van der Waals surface area contributed by atoms with E-state index in [9.17, 15) is 8.42 Å². The fourth-order valence-electron chi connectivity index (χ4n) is 4.08. The lowest BCUT2D eigenvalue weighted by atomic mass is 10.0. The summed E-state index contributed by atoms with van der Waals surface area (Å²) in [5.74, 6) is 3.03. The second kappa shape index (κ2) is 8.28. The van der Waals surface area contributed by atoms with E-state index in [-0.39, 0.29) is 0 Å². The summed E-state index contributed by atoms with van der Waals surface area (Å²) in [4.78, 5) is 16.2. The summed E-state index contributed by atoms with van der Waals surface area (Å²) in [6.07, 6.45) is 3.47. The predicted octanol–water partition coefficient (Wildman–Crippen LogP) is 0.260. The molecule has 150 valence electrons. The summed E-state index contributed by atoms with van der Waals surface area (Å²) >= 11 is 0. The third-order valence-corrected chi connectivity index (χ3v) is 7.52. The molecule has 0 radical (unpaired) electrons. The molecule has 0 bridgehead atoms. The number of aromatic nitrogens is 2. The van der Waals surface area contributed by atoms with Crippen LogP contribution in [-0.4, -0.2) is 93.8 Å². The molecule has 0 aliphatic carbocycles. The van der Waals surface area contributed by atoms with Crippen LogP contribution in [-0.2, 0) is 14.6 Å². The third-order valence-electron chi connectivity index (χ3n) is 5.81. The SMILES string of the molecule is O=S1(=O)CCC(CN2CCN(c3nccc(N4CCOCC4)n3)CC2)CC1. The molecule has 0 N–H and O–H groups in total. The lowest BCUT2D eigenvalue weighted by molar-refractivity contribution is 0.122. The standard InChI is InChI=1S/C18H29N5O3S/c24-27(25)13-2-16(3-14-27)15-21-5-7-23(8-6-21)18-19-4-1-17(20-18)22-9-11-26-12-10-22/h1,4,16H,2-3,5-15H2. The molecule has 4 heterocycles.